The number of rotatable bonds is 2. The van der Waals surface area contributed by atoms with Gasteiger partial charge in [-0.1, -0.05) is 18.2 Å². The zero-order chi connectivity index (χ0) is 13.5. The van der Waals surface area contributed by atoms with Crippen molar-refractivity contribution in [3.05, 3.63) is 35.9 Å². The van der Waals surface area contributed by atoms with Gasteiger partial charge < -0.3 is 19.3 Å². The van der Waals surface area contributed by atoms with Gasteiger partial charge in [0.15, 0.2) is 11.9 Å². The normalized spacial score (nSPS) is 37.4. The molecule has 2 aliphatic heterocycles. The predicted molar refractivity (Wildman–Crippen MR) is 69.0 cm³/mol. The lowest BCUT2D eigenvalue weighted by Crippen LogP contribution is -2.58. The maximum Gasteiger partial charge on any atom is 0.217 e. The van der Waals surface area contributed by atoms with Crippen molar-refractivity contribution in [3.8, 4) is 0 Å². The summed E-state index contributed by atoms with van der Waals surface area (Å²) < 4.78 is 16.5. The van der Waals surface area contributed by atoms with Crippen molar-refractivity contribution in [2.24, 2.45) is 4.99 Å². The van der Waals surface area contributed by atoms with E-state index in [-0.39, 0.29) is 6.04 Å². The molecule has 0 aromatic heterocycles. The Morgan fingerprint density at radius 2 is 2.11 bits per heavy atom. The number of benzene rings is 1. The van der Waals surface area contributed by atoms with Crippen LogP contribution in [0, 0.1) is 0 Å². The van der Waals surface area contributed by atoms with Crippen molar-refractivity contribution in [2.45, 2.75) is 31.0 Å². The van der Waals surface area contributed by atoms with E-state index in [9.17, 15) is 5.11 Å². The highest BCUT2D eigenvalue weighted by Gasteiger charge is 2.53. The molecule has 2 aliphatic rings. The zero-order valence-corrected chi connectivity index (χ0v) is 10.9. The van der Waals surface area contributed by atoms with Crippen LogP contribution in [0.5, 0.6) is 0 Å². The molecule has 0 amide bonds. The summed E-state index contributed by atoms with van der Waals surface area (Å²) in [6.07, 6.45) is -1.48. The van der Waals surface area contributed by atoms with Crippen LogP contribution in [0.4, 0.5) is 0 Å². The molecule has 5 heteroatoms. The molecule has 5 nitrogen and oxygen atoms in total. The van der Waals surface area contributed by atoms with Crippen molar-refractivity contribution in [3.63, 3.8) is 0 Å². The maximum absolute atomic E-state index is 10.2. The van der Waals surface area contributed by atoms with Gasteiger partial charge in [-0.15, -0.1) is 0 Å². The molecule has 3 rings (SSSR count). The second-order valence-corrected chi connectivity index (χ2v) is 5.07. The van der Waals surface area contributed by atoms with Gasteiger partial charge in [0.2, 0.25) is 5.90 Å². The zero-order valence-electron chi connectivity index (χ0n) is 10.9. The number of hydrogen-bond acceptors (Lipinski definition) is 5. The monoisotopic (exact) mass is 263 g/mol. The first kappa shape index (κ1) is 12.6. The molecule has 1 saturated heterocycles. The van der Waals surface area contributed by atoms with Crippen LogP contribution >= 0.6 is 0 Å². The van der Waals surface area contributed by atoms with E-state index in [1.807, 2.05) is 37.3 Å². The van der Waals surface area contributed by atoms with Crippen molar-refractivity contribution >= 4 is 5.90 Å². The maximum atomic E-state index is 10.2. The summed E-state index contributed by atoms with van der Waals surface area (Å²) in [6, 6.07) is 9.28. The van der Waals surface area contributed by atoms with E-state index < -0.39 is 18.0 Å². The van der Waals surface area contributed by atoms with Crippen LogP contribution in [-0.2, 0) is 14.2 Å². The molecular weight excluding hydrogens is 246 g/mol. The number of aliphatic hydroxyl groups is 1. The van der Waals surface area contributed by atoms with Gasteiger partial charge in [-0.05, 0) is 19.1 Å². The fourth-order valence-corrected chi connectivity index (χ4v) is 2.54. The van der Waals surface area contributed by atoms with Crippen LogP contribution in [0.2, 0.25) is 0 Å². The summed E-state index contributed by atoms with van der Waals surface area (Å²) in [7, 11) is 1.51. The molecule has 1 aromatic rings. The van der Waals surface area contributed by atoms with E-state index in [0.717, 1.165) is 5.56 Å². The highest BCUT2D eigenvalue weighted by atomic mass is 16.7. The standard InChI is InChI=1S/C14H17NO4/c1-14-8-18-13(17-2)10(16)11(14)15-12(19-14)9-6-4-3-5-7-9/h3-7,10-11,13,16H,8H2,1-2H3. The van der Waals surface area contributed by atoms with E-state index in [1.54, 1.807) is 0 Å². The molecule has 19 heavy (non-hydrogen) atoms. The van der Waals surface area contributed by atoms with E-state index in [1.165, 1.54) is 7.11 Å². The number of aliphatic imine (C=N–C) groups is 1. The number of fused-ring (bicyclic) bond motifs is 1. The molecule has 102 valence electrons. The summed E-state index contributed by atoms with van der Waals surface area (Å²) in [4.78, 5) is 4.52. The van der Waals surface area contributed by atoms with Crippen molar-refractivity contribution < 1.29 is 19.3 Å². The molecular formula is C14H17NO4. The lowest BCUT2D eigenvalue weighted by atomic mass is 9.91. The van der Waals surface area contributed by atoms with Crippen molar-refractivity contribution in [2.75, 3.05) is 13.7 Å². The largest absolute Gasteiger partial charge is 0.466 e. The average Bonchev–Trinajstić information content (AvgIpc) is 2.79. The predicted octanol–water partition coefficient (Wildman–Crippen LogP) is 0.954. The van der Waals surface area contributed by atoms with Gasteiger partial charge in [-0.2, -0.15) is 0 Å². The van der Waals surface area contributed by atoms with Crippen LogP contribution in [0.15, 0.2) is 35.3 Å². The van der Waals surface area contributed by atoms with Gasteiger partial charge in [0, 0.05) is 12.7 Å². The summed E-state index contributed by atoms with van der Waals surface area (Å²) in [5, 5.41) is 10.2. The molecule has 1 aromatic carbocycles. The third-order valence-corrected chi connectivity index (χ3v) is 3.60. The Morgan fingerprint density at radius 1 is 1.37 bits per heavy atom. The first-order chi connectivity index (χ1) is 9.14. The first-order valence-corrected chi connectivity index (χ1v) is 6.29. The van der Waals surface area contributed by atoms with Crippen LogP contribution in [-0.4, -0.2) is 48.8 Å². The van der Waals surface area contributed by atoms with Gasteiger partial charge in [-0.25, -0.2) is 4.99 Å². The lowest BCUT2D eigenvalue weighted by Gasteiger charge is -2.40. The molecule has 1 fully saturated rings. The Hall–Kier alpha value is -1.43. The minimum Gasteiger partial charge on any atom is -0.466 e. The number of methoxy groups -OCH3 is 1. The smallest absolute Gasteiger partial charge is 0.217 e. The molecule has 0 radical (unpaired) electrons. The third kappa shape index (κ3) is 2.04. The van der Waals surface area contributed by atoms with Gasteiger partial charge >= 0.3 is 0 Å². The molecule has 0 spiro atoms. The number of aliphatic hydroxyl groups excluding tert-OH is 1. The molecule has 4 unspecified atom stereocenters. The fraction of sp³-hybridized carbons (Fsp3) is 0.500. The molecule has 1 N–H and O–H groups in total. The summed E-state index contributed by atoms with van der Waals surface area (Å²) in [5.41, 5.74) is 0.263. The minimum absolute atomic E-state index is 0.340. The quantitative estimate of drug-likeness (QED) is 0.863. The molecule has 2 heterocycles. The summed E-state index contributed by atoms with van der Waals surface area (Å²) >= 11 is 0. The van der Waals surface area contributed by atoms with Gasteiger partial charge in [0.05, 0.1) is 6.61 Å². The van der Waals surface area contributed by atoms with Crippen LogP contribution in [0.3, 0.4) is 0 Å². The Bertz CT molecular complexity index is 489. The van der Waals surface area contributed by atoms with E-state index >= 15 is 0 Å². The van der Waals surface area contributed by atoms with E-state index in [0.29, 0.717) is 12.5 Å². The lowest BCUT2D eigenvalue weighted by molar-refractivity contribution is -0.245. The molecule has 0 aliphatic carbocycles. The van der Waals surface area contributed by atoms with E-state index in [2.05, 4.69) is 4.99 Å². The second-order valence-electron chi connectivity index (χ2n) is 5.07. The fourth-order valence-electron chi connectivity index (χ4n) is 2.54. The van der Waals surface area contributed by atoms with Crippen LogP contribution in [0.1, 0.15) is 12.5 Å². The Labute approximate surface area is 111 Å². The number of ether oxygens (including phenoxy) is 3. The summed E-state index contributed by atoms with van der Waals surface area (Å²) in [6.45, 7) is 2.24. The van der Waals surface area contributed by atoms with Crippen molar-refractivity contribution in [1.82, 2.24) is 0 Å². The SMILES string of the molecule is COC1OCC2(C)OC(c3ccccc3)=NC2C1O. The Balaban J connectivity index is 1.90. The van der Waals surface area contributed by atoms with Gasteiger partial charge in [-0.3, -0.25) is 0 Å². The Kier molecular flexibility index (Phi) is 3.05. The van der Waals surface area contributed by atoms with Crippen LogP contribution < -0.4 is 0 Å². The molecule has 0 saturated carbocycles. The second kappa shape index (κ2) is 4.59. The molecule has 0 bridgehead atoms. The highest BCUT2D eigenvalue weighted by Crippen LogP contribution is 2.35. The first-order valence-electron chi connectivity index (χ1n) is 6.29. The number of hydrogen-bond donors (Lipinski definition) is 1. The molecule has 4 atom stereocenters. The third-order valence-electron chi connectivity index (χ3n) is 3.60. The topological polar surface area (TPSA) is 60.3 Å². The van der Waals surface area contributed by atoms with Crippen molar-refractivity contribution in [1.29, 1.82) is 0 Å². The van der Waals surface area contributed by atoms with Gasteiger partial charge in [0.1, 0.15) is 12.1 Å². The van der Waals surface area contributed by atoms with Gasteiger partial charge in [0.25, 0.3) is 0 Å². The number of nitrogens with zero attached hydrogens (tertiary/aromatic N) is 1. The minimum atomic E-state index is -0.829. The summed E-state index contributed by atoms with van der Waals surface area (Å²) in [5.74, 6) is 0.549. The van der Waals surface area contributed by atoms with Crippen LogP contribution in [0.25, 0.3) is 0 Å². The van der Waals surface area contributed by atoms with E-state index in [4.69, 9.17) is 14.2 Å². The Morgan fingerprint density at radius 3 is 2.79 bits per heavy atom. The highest BCUT2D eigenvalue weighted by molar-refractivity contribution is 5.95. The average molecular weight is 263 g/mol.